The van der Waals surface area contributed by atoms with Crippen molar-refractivity contribution in [1.82, 2.24) is 4.98 Å². The van der Waals surface area contributed by atoms with Crippen LogP contribution in [0.5, 0.6) is 5.75 Å². The van der Waals surface area contributed by atoms with E-state index < -0.39 is 22.7 Å². The molecule has 8 heteroatoms. The fourth-order valence-electron chi connectivity index (χ4n) is 1.72. The van der Waals surface area contributed by atoms with Crippen molar-refractivity contribution < 1.29 is 19.2 Å². The van der Waals surface area contributed by atoms with Gasteiger partial charge in [0.1, 0.15) is 0 Å². The van der Waals surface area contributed by atoms with Gasteiger partial charge >= 0.3 is 5.82 Å². The SMILES string of the molecule is CC(=O)C(C)N1C(=O)COc2ccc([N+](=O)[O-])nc21. The molecule has 1 atom stereocenters. The van der Waals surface area contributed by atoms with Gasteiger partial charge in [0.25, 0.3) is 11.7 Å². The van der Waals surface area contributed by atoms with Crippen LogP contribution in [-0.4, -0.2) is 34.2 Å². The minimum absolute atomic E-state index is 0.00755. The summed E-state index contributed by atoms with van der Waals surface area (Å²) in [7, 11) is 0. The second kappa shape index (κ2) is 4.63. The molecule has 1 amide bonds. The number of fused-ring (bicyclic) bond motifs is 1. The maximum absolute atomic E-state index is 11.8. The molecule has 19 heavy (non-hydrogen) atoms. The fourth-order valence-corrected chi connectivity index (χ4v) is 1.72. The zero-order valence-corrected chi connectivity index (χ0v) is 10.3. The van der Waals surface area contributed by atoms with Crippen molar-refractivity contribution in [2.75, 3.05) is 11.5 Å². The molecule has 1 aromatic heterocycles. The van der Waals surface area contributed by atoms with Gasteiger partial charge in [-0.1, -0.05) is 0 Å². The summed E-state index contributed by atoms with van der Waals surface area (Å²) in [5, 5.41) is 10.7. The third-order valence-electron chi connectivity index (χ3n) is 2.84. The number of ether oxygens (including phenoxy) is 1. The molecule has 0 aromatic carbocycles. The topological polar surface area (TPSA) is 103 Å². The van der Waals surface area contributed by atoms with E-state index in [0.29, 0.717) is 0 Å². The number of carbonyl (C=O) groups is 2. The average molecular weight is 265 g/mol. The normalized spacial score (nSPS) is 15.5. The van der Waals surface area contributed by atoms with Crippen LogP contribution in [0.1, 0.15) is 13.8 Å². The molecule has 1 aliphatic heterocycles. The van der Waals surface area contributed by atoms with Crippen molar-refractivity contribution in [3.63, 3.8) is 0 Å². The van der Waals surface area contributed by atoms with Crippen LogP contribution in [0.2, 0.25) is 0 Å². The highest BCUT2D eigenvalue weighted by molar-refractivity contribution is 6.02. The van der Waals surface area contributed by atoms with Crippen molar-refractivity contribution >= 4 is 23.3 Å². The molecule has 1 aliphatic rings. The average Bonchev–Trinajstić information content (AvgIpc) is 2.37. The molecule has 2 rings (SSSR count). The van der Waals surface area contributed by atoms with E-state index in [1.807, 2.05) is 0 Å². The lowest BCUT2D eigenvalue weighted by atomic mass is 10.2. The monoisotopic (exact) mass is 265 g/mol. The molecule has 0 radical (unpaired) electrons. The standard InChI is InChI=1S/C11H11N3O5/c1-6(7(2)15)13-10(16)5-19-8-3-4-9(14(17)18)12-11(8)13/h3-4,6H,5H2,1-2H3. The first kappa shape index (κ1) is 12.9. The molecular formula is C11H11N3O5. The van der Waals surface area contributed by atoms with E-state index in [2.05, 4.69) is 4.98 Å². The van der Waals surface area contributed by atoms with E-state index in [4.69, 9.17) is 4.74 Å². The Balaban J connectivity index is 2.53. The summed E-state index contributed by atoms with van der Waals surface area (Å²) in [6.07, 6.45) is 0. The Morgan fingerprint density at radius 2 is 2.26 bits per heavy atom. The quantitative estimate of drug-likeness (QED) is 0.588. The predicted molar refractivity (Wildman–Crippen MR) is 64.0 cm³/mol. The first-order valence-corrected chi connectivity index (χ1v) is 5.52. The Hall–Kier alpha value is -2.51. The molecule has 2 heterocycles. The van der Waals surface area contributed by atoms with E-state index in [1.54, 1.807) is 0 Å². The predicted octanol–water partition coefficient (Wildman–Crippen LogP) is 0.693. The molecule has 0 fully saturated rings. The van der Waals surface area contributed by atoms with Crippen LogP contribution >= 0.6 is 0 Å². The Labute approximate surface area is 108 Å². The van der Waals surface area contributed by atoms with E-state index in [9.17, 15) is 19.7 Å². The third-order valence-corrected chi connectivity index (χ3v) is 2.84. The number of pyridine rings is 1. The van der Waals surface area contributed by atoms with E-state index in [0.717, 1.165) is 4.90 Å². The molecule has 1 aromatic rings. The lowest BCUT2D eigenvalue weighted by Crippen LogP contribution is -2.47. The molecule has 0 aliphatic carbocycles. The number of amides is 1. The van der Waals surface area contributed by atoms with Crippen LogP contribution in [0, 0.1) is 10.1 Å². The van der Waals surface area contributed by atoms with Gasteiger partial charge in [-0.15, -0.1) is 0 Å². The number of carbonyl (C=O) groups excluding carboxylic acids is 2. The molecule has 0 N–H and O–H groups in total. The fraction of sp³-hybridized carbons (Fsp3) is 0.364. The molecule has 0 bridgehead atoms. The molecule has 0 saturated heterocycles. The zero-order chi connectivity index (χ0) is 14.2. The van der Waals surface area contributed by atoms with Crippen LogP contribution in [0.3, 0.4) is 0 Å². The smallest absolute Gasteiger partial charge is 0.366 e. The Bertz CT molecular complexity index is 571. The second-order valence-corrected chi connectivity index (χ2v) is 4.09. The van der Waals surface area contributed by atoms with Gasteiger partial charge in [-0.25, -0.2) is 0 Å². The number of anilines is 1. The summed E-state index contributed by atoms with van der Waals surface area (Å²) in [5.41, 5.74) is 0. The van der Waals surface area contributed by atoms with Crippen molar-refractivity contribution in [3.05, 3.63) is 22.2 Å². The Morgan fingerprint density at radius 3 is 2.84 bits per heavy atom. The van der Waals surface area contributed by atoms with Gasteiger partial charge in [0.05, 0.1) is 6.04 Å². The molecule has 100 valence electrons. The number of aromatic nitrogens is 1. The van der Waals surface area contributed by atoms with Crippen LogP contribution in [0.4, 0.5) is 11.6 Å². The van der Waals surface area contributed by atoms with Crippen LogP contribution in [-0.2, 0) is 9.59 Å². The highest BCUT2D eigenvalue weighted by Gasteiger charge is 2.36. The lowest BCUT2D eigenvalue weighted by Gasteiger charge is -2.28. The summed E-state index contributed by atoms with van der Waals surface area (Å²) < 4.78 is 5.14. The van der Waals surface area contributed by atoms with Crippen LogP contribution in [0.15, 0.2) is 12.1 Å². The van der Waals surface area contributed by atoms with Gasteiger partial charge < -0.3 is 14.9 Å². The van der Waals surface area contributed by atoms with E-state index >= 15 is 0 Å². The number of rotatable bonds is 3. The Kier molecular flexibility index (Phi) is 3.16. The number of hydrogen-bond acceptors (Lipinski definition) is 6. The maximum atomic E-state index is 11.8. The number of hydrogen-bond donors (Lipinski definition) is 0. The largest absolute Gasteiger partial charge is 0.477 e. The minimum atomic E-state index is -0.746. The second-order valence-electron chi connectivity index (χ2n) is 4.09. The first-order valence-electron chi connectivity index (χ1n) is 5.52. The summed E-state index contributed by atoms with van der Waals surface area (Å²) in [5.74, 6) is -0.845. The molecule has 0 spiro atoms. The maximum Gasteiger partial charge on any atom is 0.366 e. The van der Waals surface area contributed by atoms with Gasteiger partial charge in [0, 0.05) is 6.07 Å². The van der Waals surface area contributed by atoms with E-state index in [-0.39, 0.29) is 24.0 Å². The summed E-state index contributed by atoms with van der Waals surface area (Å²) in [4.78, 5) is 38.2. The number of nitro groups is 1. The highest BCUT2D eigenvalue weighted by Crippen LogP contribution is 2.33. The number of ketones is 1. The van der Waals surface area contributed by atoms with Gasteiger partial charge in [0.15, 0.2) is 18.1 Å². The van der Waals surface area contributed by atoms with Crippen LogP contribution in [0.25, 0.3) is 0 Å². The molecule has 0 saturated carbocycles. The molecule has 1 unspecified atom stereocenters. The van der Waals surface area contributed by atoms with Crippen molar-refractivity contribution in [2.45, 2.75) is 19.9 Å². The van der Waals surface area contributed by atoms with Crippen molar-refractivity contribution in [2.24, 2.45) is 0 Å². The minimum Gasteiger partial charge on any atom is -0.477 e. The van der Waals surface area contributed by atoms with Gasteiger partial charge in [-0.3, -0.25) is 14.5 Å². The summed E-state index contributed by atoms with van der Waals surface area (Å²) in [6.45, 7) is 2.66. The van der Waals surface area contributed by atoms with Gasteiger partial charge in [-0.05, 0) is 29.8 Å². The highest BCUT2D eigenvalue weighted by atomic mass is 16.6. The van der Waals surface area contributed by atoms with Crippen molar-refractivity contribution in [3.8, 4) is 5.75 Å². The number of nitrogens with zero attached hydrogens (tertiary/aromatic N) is 3. The van der Waals surface area contributed by atoms with Gasteiger partial charge in [-0.2, -0.15) is 0 Å². The molecular weight excluding hydrogens is 254 g/mol. The van der Waals surface area contributed by atoms with Crippen LogP contribution < -0.4 is 9.64 Å². The van der Waals surface area contributed by atoms with Crippen molar-refractivity contribution in [1.29, 1.82) is 0 Å². The zero-order valence-electron chi connectivity index (χ0n) is 10.3. The van der Waals surface area contributed by atoms with Gasteiger partial charge in [0.2, 0.25) is 0 Å². The third kappa shape index (κ3) is 2.24. The van der Waals surface area contributed by atoms with E-state index in [1.165, 1.54) is 26.0 Å². The molecule has 8 nitrogen and oxygen atoms in total. The first-order chi connectivity index (χ1) is 8.91. The Morgan fingerprint density at radius 1 is 1.58 bits per heavy atom. The number of Topliss-reactive ketones (excluding diaryl/α,β-unsaturated/α-hetero) is 1. The lowest BCUT2D eigenvalue weighted by molar-refractivity contribution is -0.389. The summed E-state index contributed by atoms with van der Waals surface area (Å²) >= 11 is 0. The summed E-state index contributed by atoms with van der Waals surface area (Å²) in [6, 6.07) is 1.81.